The topological polar surface area (TPSA) is 81.2 Å². The maximum atomic E-state index is 13.6. The molecule has 0 aliphatic rings. The van der Waals surface area contributed by atoms with E-state index in [4.69, 9.17) is 4.42 Å². The van der Waals surface area contributed by atoms with Crippen LogP contribution in [0.25, 0.3) is 33.7 Å². The molecule has 0 spiro atoms. The summed E-state index contributed by atoms with van der Waals surface area (Å²) < 4.78 is 33.0. The van der Waals surface area contributed by atoms with Gasteiger partial charge in [-0.2, -0.15) is 0 Å². The zero-order valence-corrected chi connectivity index (χ0v) is 16.0. The summed E-state index contributed by atoms with van der Waals surface area (Å²) in [6.07, 6.45) is 0.873. The normalized spacial score (nSPS) is 11.0. The van der Waals surface area contributed by atoms with Gasteiger partial charge in [-0.1, -0.05) is 13.0 Å². The van der Waals surface area contributed by atoms with Gasteiger partial charge in [-0.15, -0.1) is 0 Å². The van der Waals surface area contributed by atoms with Crippen LogP contribution in [0.3, 0.4) is 0 Å². The smallest absolute Gasteiger partial charge is 0.270 e. The third-order valence-corrected chi connectivity index (χ3v) is 4.59. The highest BCUT2D eigenvalue weighted by Gasteiger charge is 2.17. The molecule has 1 heterocycles. The Morgan fingerprint density at radius 1 is 1.03 bits per heavy atom. The molecule has 8 heteroatoms. The Morgan fingerprint density at radius 3 is 2.50 bits per heavy atom. The fourth-order valence-electron chi connectivity index (χ4n) is 3.18. The number of aromatic nitrogens is 1. The molecule has 0 saturated carbocycles. The van der Waals surface area contributed by atoms with Crippen LogP contribution in [-0.2, 0) is 0 Å². The minimum Gasteiger partial charge on any atom is -0.436 e. The molecule has 0 amide bonds. The first-order valence-electron chi connectivity index (χ1n) is 9.34. The molecule has 0 atom stereocenters. The summed E-state index contributed by atoms with van der Waals surface area (Å²) in [4.78, 5) is 15.2. The van der Waals surface area contributed by atoms with Crippen molar-refractivity contribution < 1.29 is 18.1 Å². The number of hydrogen-bond donors (Lipinski definition) is 1. The van der Waals surface area contributed by atoms with E-state index in [1.54, 1.807) is 24.3 Å². The Bertz CT molecular complexity index is 1230. The lowest BCUT2D eigenvalue weighted by atomic mass is 10.1. The van der Waals surface area contributed by atoms with Crippen molar-refractivity contribution in [2.75, 3.05) is 11.9 Å². The number of anilines is 1. The molecular formula is C22H17F2N3O3. The molecule has 0 radical (unpaired) electrons. The Hall–Kier alpha value is -3.81. The Labute approximate surface area is 170 Å². The summed E-state index contributed by atoms with van der Waals surface area (Å²) in [5.41, 5.74) is 2.93. The number of rotatable bonds is 6. The lowest BCUT2D eigenvalue weighted by molar-refractivity contribution is -0.384. The zero-order valence-electron chi connectivity index (χ0n) is 16.0. The number of benzene rings is 3. The van der Waals surface area contributed by atoms with Gasteiger partial charge in [0.05, 0.1) is 10.5 Å². The Morgan fingerprint density at radius 2 is 1.80 bits per heavy atom. The molecule has 0 saturated heterocycles. The molecule has 3 aromatic carbocycles. The minimum atomic E-state index is -0.672. The van der Waals surface area contributed by atoms with Crippen molar-refractivity contribution in [2.45, 2.75) is 13.3 Å². The zero-order chi connectivity index (χ0) is 21.3. The summed E-state index contributed by atoms with van der Waals surface area (Å²) in [5.74, 6) is -1.13. The van der Waals surface area contributed by atoms with Crippen LogP contribution >= 0.6 is 0 Å². The van der Waals surface area contributed by atoms with E-state index in [0.717, 1.165) is 12.5 Å². The van der Waals surface area contributed by atoms with Gasteiger partial charge in [0.25, 0.3) is 5.69 Å². The number of oxazole rings is 1. The molecule has 152 valence electrons. The predicted octanol–water partition coefficient (Wildman–Crippen LogP) is 6.17. The van der Waals surface area contributed by atoms with Crippen LogP contribution in [0.15, 0.2) is 59.0 Å². The highest BCUT2D eigenvalue weighted by molar-refractivity contribution is 5.84. The van der Waals surface area contributed by atoms with Crippen LogP contribution < -0.4 is 5.32 Å². The molecule has 4 aromatic rings. The average Bonchev–Trinajstić information content (AvgIpc) is 3.14. The number of nitro benzene ring substituents is 1. The molecule has 1 aromatic heterocycles. The van der Waals surface area contributed by atoms with E-state index in [-0.39, 0.29) is 11.6 Å². The Kier molecular flexibility index (Phi) is 5.14. The van der Waals surface area contributed by atoms with E-state index in [2.05, 4.69) is 10.3 Å². The first-order valence-corrected chi connectivity index (χ1v) is 9.34. The van der Waals surface area contributed by atoms with Gasteiger partial charge in [0.15, 0.2) is 5.58 Å². The standard InChI is InChI=1S/C22H17F2N3O3/c1-2-7-25-19-5-4-17(27(28)29)12-18(19)22-26-20-10-13(3-6-21(20)30-22)14-8-15(23)11-16(24)9-14/h3-6,8-12,25H,2,7H2,1H3. The molecular weight excluding hydrogens is 392 g/mol. The van der Waals surface area contributed by atoms with Gasteiger partial charge in [0.1, 0.15) is 17.2 Å². The van der Waals surface area contributed by atoms with Gasteiger partial charge in [0, 0.05) is 30.4 Å². The second-order valence-electron chi connectivity index (χ2n) is 6.77. The molecule has 0 unspecified atom stereocenters. The van der Waals surface area contributed by atoms with Gasteiger partial charge >= 0.3 is 0 Å². The fraction of sp³-hybridized carbons (Fsp3) is 0.136. The predicted molar refractivity (Wildman–Crippen MR) is 110 cm³/mol. The third-order valence-electron chi connectivity index (χ3n) is 4.59. The van der Waals surface area contributed by atoms with Gasteiger partial charge in [-0.05, 0) is 47.9 Å². The van der Waals surface area contributed by atoms with Crippen molar-refractivity contribution >= 4 is 22.5 Å². The van der Waals surface area contributed by atoms with E-state index in [1.165, 1.54) is 24.3 Å². The van der Waals surface area contributed by atoms with Crippen LogP contribution in [0.1, 0.15) is 13.3 Å². The summed E-state index contributed by atoms with van der Waals surface area (Å²) in [5, 5.41) is 14.4. The molecule has 0 fully saturated rings. The van der Waals surface area contributed by atoms with Gasteiger partial charge in [-0.25, -0.2) is 13.8 Å². The molecule has 0 aliphatic carbocycles. The van der Waals surface area contributed by atoms with Gasteiger partial charge < -0.3 is 9.73 Å². The van der Waals surface area contributed by atoms with Gasteiger partial charge in [-0.3, -0.25) is 10.1 Å². The molecule has 0 bridgehead atoms. The van der Waals surface area contributed by atoms with Crippen molar-refractivity contribution in [2.24, 2.45) is 0 Å². The van der Waals surface area contributed by atoms with E-state index in [9.17, 15) is 18.9 Å². The number of hydrogen-bond acceptors (Lipinski definition) is 5. The third kappa shape index (κ3) is 3.84. The molecule has 0 aliphatic heterocycles. The summed E-state index contributed by atoms with van der Waals surface area (Å²) in [6.45, 7) is 2.69. The molecule has 30 heavy (non-hydrogen) atoms. The number of nitrogens with zero attached hydrogens (tertiary/aromatic N) is 2. The van der Waals surface area contributed by atoms with Crippen LogP contribution in [0.2, 0.25) is 0 Å². The molecule has 6 nitrogen and oxygen atoms in total. The SMILES string of the molecule is CCCNc1ccc([N+](=O)[O-])cc1-c1nc2cc(-c3cc(F)cc(F)c3)ccc2o1. The number of nitrogens with one attached hydrogen (secondary N) is 1. The summed E-state index contributed by atoms with van der Waals surface area (Å²) >= 11 is 0. The quantitative estimate of drug-likeness (QED) is 0.304. The minimum absolute atomic E-state index is 0.0785. The van der Waals surface area contributed by atoms with Crippen LogP contribution in [0.4, 0.5) is 20.2 Å². The fourth-order valence-corrected chi connectivity index (χ4v) is 3.18. The van der Waals surface area contributed by atoms with Crippen molar-refractivity contribution in [3.63, 3.8) is 0 Å². The summed E-state index contributed by atoms with van der Waals surface area (Å²) in [6, 6.07) is 12.7. The van der Waals surface area contributed by atoms with Crippen LogP contribution in [-0.4, -0.2) is 16.5 Å². The molecule has 4 rings (SSSR count). The molecule has 1 N–H and O–H groups in total. The number of fused-ring (bicyclic) bond motifs is 1. The monoisotopic (exact) mass is 409 g/mol. The maximum absolute atomic E-state index is 13.6. The lowest BCUT2D eigenvalue weighted by Gasteiger charge is -2.08. The van der Waals surface area contributed by atoms with Crippen molar-refractivity contribution in [1.82, 2.24) is 4.98 Å². The Balaban J connectivity index is 1.80. The average molecular weight is 409 g/mol. The highest BCUT2D eigenvalue weighted by atomic mass is 19.1. The number of nitro groups is 1. The largest absolute Gasteiger partial charge is 0.436 e. The van der Waals surface area contributed by atoms with Crippen LogP contribution in [0.5, 0.6) is 0 Å². The van der Waals surface area contributed by atoms with Gasteiger partial charge in [0.2, 0.25) is 5.89 Å². The number of non-ortho nitro benzene ring substituents is 1. The lowest BCUT2D eigenvalue weighted by Crippen LogP contribution is -2.02. The highest BCUT2D eigenvalue weighted by Crippen LogP contribution is 2.34. The first kappa shape index (κ1) is 19.5. The van der Waals surface area contributed by atoms with E-state index < -0.39 is 16.6 Å². The second kappa shape index (κ2) is 7.90. The van der Waals surface area contributed by atoms with E-state index in [1.807, 2.05) is 6.92 Å². The van der Waals surface area contributed by atoms with Crippen molar-refractivity contribution in [3.05, 3.63) is 76.3 Å². The maximum Gasteiger partial charge on any atom is 0.270 e. The second-order valence-corrected chi connectivity index (χ2v) is 6.77. The summed E-state index contributed by atoms with van der Waals surface area (Å²) in [7, 11) is 0. The number of halogens is 2. The van der Waals surface area contributed by atoms with E-state index >= 15 is 0 Å². The van der Waals surface area contributed by atoms with Crippen molar-refractivity contribution in [3.8, 4) is 22.6 Å². The van der Waals surface area contributed by atoms with Crippen LogP contribution in [0, 0.1) is 21.7 Å². The first-order chi connectivity index (χ1) is 14.4. The van der Waals surface area contributed by atoms with E-state index in [0.29, 0.717) is 40.0 Å². The van der Waals surface area contributed by atoms with Crippen molar-refractivity contribution in [1.29, 1.82) is 0 Å².